The molecule has 1 aromatic carbocycles. The number of thioether (sulfide) groups is 1. The molecule has 7 heteroatoms. The van der Waals surface area contributed by atoms with Gasteiger partial charge in [-0.15, -0.1) is 5.10 Å². The van der Waals surface area contributed by atoms with Crippen molar-refractivity contribution in [3.05, 3.63) is 66.9 Å². The number of hydrogen-bond donors (Lipinski definition) is 1. The van der Waals surface area contributed by atoms with Crippen LogP contribution in [-0.4, -0.2) is 25.1 Å². The number of aromatic amines is 1. The lowest BCUT2D eigenvalue weighted by Gasteiger charge is -2.01. The fourth-order valence-electron chi connectivity index (χ4n) is 2.24. The van der Waals surface area contributed by atoms with Gasteiger partial charge in [0.2, 0.25) is 5.16 Å². The zero-order chi connectivity index (χ0) is 15.5. The van der Waals surface area contributed by atoms with Crippen molar-refractivity contribution >= 4 is 17.5 Å². The first-order valence-electron chi connectivity index (χ1n) is 7.10. The fourth-order valence-corrected chi connectivity index (χ4v) is 2.94. The monoisotopic (exact) mass is 321 g/mol. The van der Waals surface area contributed by atoms with E-state index in [4.69, 9.17) is 0 Å². The van der Waals surface area contributed by atoms with Crippen molar-refractivity contribution in [3.8, 4) is 11.3 Å². The Morgan fingerprint density at radius 2 is 2.04 bits per heavy atom. The molecule has 0 spiro atoms. The van der Waals surface area contributed by atoms with Crippen LogP contribution in [0.2, 0.25) is 0 Å². The largest absolute Gasteiger partial charge is 0.400 e. The fraction of sp³-hybridized carbons (Fsp3) is 0.0625. The zero-order valence-corrected chi connectivity index (χ0v) is 12.9. The highest BCUT2D eigenvalue weighted by Crippen LogP contribution is 2.21. The number of H-pyrrole nitrogens is 1. The topological polar surface area (TPSA) is 71.5 Å². The van der Waals surface area contributed by atoms with Gasteiger partial charge in [0, 0.05) is 11.6 Å². The molecule has 0 aliphatic heterocycles. The van der Waals surface area contributed by atoms with E-state index in [2.05, 4.69) is 25.1 Å². The highest BCUT2D eigenvalue weighted by molar-refractivity contribution is 7.98. The van der Waals surface area contributed by atoms with Gasteiger partial charge in [0.25, 0.3) is 0 Å². The van der Waals surface area contributed by atoms with Crippen molar-refractivity contribution in [2.45, 2.75) is 10.9 Å². The van der Waals surface area contributed by atoms with Crippen LogP contribution in [-0.2, 0) is 5.75 Å². The minimum Gasteiger partial charge on any atom is -0.242 e. The van der Waals surface area contributed by atoms with Gasteiger partial charge in [0.1, 0.15) is 18.1 Å². The molecule has 4 rings (SSSR count). The van der Waals surface area contributed by atoms with Crippen LogP contribution in [0, 0.1) is 0 Å². The molecule has 0 amide bonds. The second kappa shape index (κ2) is 6.13. The number of rotatable bonds is 4. The van der Waals surface area contributed by atoms with Crippen molar-refractivity contribution in [1.82, 2.24) is 25.1 Å². The number of imidazole rings is 1. The minimum atomic E-state index is 0.656. The summed E-state index contributed by atoms with van der Waals surface area (Å²) >= 11 is 1.54. The molecule has 0 aliphatic carbocycles. The molecule has 0 fully saturated rings. The van der Waals surface area contributed by atoms with Crippen LogP contribution in [0.3, 0.4) is 0 Å². The second-order valence-corrected chi connectivity index (χ2v) is 5.85. The highest BCUT2D eigenvalue weighted by Gasteiger charge is 2.10. The molecular formula is C16H13N6S+. The van der Waals surface area contributed by atoms with E-state index in [1.807, 2.05) is 53.2 Å². The molecule has 6 nitrogen and oxygen atoms in total. The molecule has 0 saturated carbocycles. The van der Waals surface area contributed by atoms with E-state index in [1.54, 1.807) is 24.2 Å². The summed E-state index contributed by atoms with van der Waals surface area (Å²) < 4.78 is 1.95. The Morgan fingerprint density at radius 1 is 1.13 bits per heavy atom. The second-order valence-electron chi connectivity index (χ2n) is 4.91. The molecule has 0 atom stereocenters. The summed E-state index contributed by atoms with van der Waals surface area (Å²) in [5, 5.41) is 8.81. The first-order chi connectivity index (χ1) is 11.4. The smallest absolute Gasteiger partial charge is 0.242 e. The van der Waals surface area contributed by atoms with Gasteiger partial charge in [0.15, 0.2) is 0 Å². The average molecular weight is 321 g/mol. The van der Waals surface area contributed by atoms with Crippen molar-refractivity contribution in [2.24, 2.45) is 0 Å². The molecule has 3 heterocycles. The summed E-state index contributed by atoms with van der Waals surface area (Å²) in [5.74, 6) is 1.55. The predicted molar refractivity (Wildman–Crippen MR) is 86.6 cm³/mol. The maximum Gasteiger partial charge on any atom is 0.400 e. The Bertz CT molecular complexity index is 904. The zero-order valence-electron chi connectivity index (χ0n) is 12.1. The molecule has 4 aromatic rings. The van der Waals surface area contributed by atoms with E-state index >= 15 is 0 Å². The van der Waals surface area contributed by atoms with Crippen LogP contribution < -0.4 is 4.40 Å². The first-order valence-corrected chi connectivity index (χ1v) is 8.09. The number of hydrogen-bond acceptors (Lipinski definition) is 5. The molecule has 1 N–H and O–H groups in total. The summed E-state index contributed by atoms with van der Waals surface area (Å²) in [6.45, 7) is 0. The summed E-state index contributed by atoms with van der Waals surface area (Å²) in [6.07, 6.45) is 7.42. The van der Waals surface area contributed by atoms with Gasteiger partial charge in [-0.1, -0.05) is 47.1 Å². The third kappa shape index (κ3) is 3.04. The quantitative estimate of drug-likeness (QED) is 0.461. The lowest BCUT2D eigenvalue weighted by molar-refractivity contribution is -0.512. The molecule has 23 heavy (non-hydrogen) atoms. The lowest BCUT2D eigenvalue weighted by Crippen LogP contribution is -2.17. The standard InChI is InChI=1S/C16H12N6S/c1-2-5-12(6-3-1)14-9-18-21-16(20-14)23-11-13-10-22-8-4-7-17-15(22)19-13/h1-10H,11H2/p+1. The Kier molecular flexibility index (Phi) is 3.69. The number of fused-ring (bicyclic) bond motifs is 1. The minimum absolute atomic E-state index is 0.656. The lowest BCUT2D eigenvalue weighted by atomic mass is 10.2. The van der Waals surface area contributed by atoms with Crippen LogP contribution in [0.4, 0.5) is 0 Å². The summed E-state index contributed by atoms with van der Waals surface area (Å²) in [4.78, 5) is 12.1. The third-order valence-electron chi connectivity index (χ3n) is 3.31. The maximum absolute atomic E-state index is 4.57. The normalized spacial score (nSPS) is 11.0. The number of benzene rings is 1. The maximum atomic E-state index is 4.57. The van der Waals surface area contributed by atoms with E-state index in [0.29, 0.717) is 5.16 Å². The molecular weight excluding hydrogens is 308 g/mol. The van der Waals surface area contributed by atoms with Crippen molar-refractivity contribution in [2.75, 3.05) is 0 Å². The Morgan fingerprint density at radius 3 is 2.91 bits per heavy atom. The third-order valence-corrected chi connectivity index (χ3v) is 4.19. The van der Waals surface area contributed by atoms with Gasteiger partial charge in [0.05, 0.1) is 23.8 Å². The Hall–Kier alpha value is -2.80. The number of aromatic nitrogens is 6. The number of nitrogens with one attached hydrogen (secondary N) is 1. The van der Waals surface area contributed by atoms with Gasteiger partial charge in [-0.3, -0.25) is 0 Å². The molecule has 3 aromatic heterocycles. The highest BCUT2D eigenvalue weighted by atomic mass is 32.2. The van der Waals surface area contributed by atoms with E-state index in [0.717, 1.165) is 28.5 Å². The SMILES string of the molecule is c1ccc(-c2cnnc(SCc3c[n+]4cccnc4[nH]3)n2)cc1. The van der Waals surface area contributed by atoms with Gasteiger partial charge in [-0.2, -0.15) is 5.10 Å². The molecule has 0 radical (unpaired) electrons. The van der Waals surface area contributed by atoms with Crippen molar-refractivity contribution in [1.29, 1.82) is 0 Å². The van der Waals surface area contributed by atoms with Gasteiger partial charge >= 0.3 is 5.78 Å². The summed E-state index contributed by atoms with van der Waals surface area (Å²) in [5.41, 5.74) is 2.92. The van der Waals surface area contributed by atoms with Crippen LogP contribution in [0.15, 0.2) is 66.3 Å². The molecule has 0 bridgehead atoms. The Labute approximate surface area is 136 Å². The van der Waals surface area contributed by atoms with Crippen LogP contribution in [0.25, 0.3) is 17.0 Å². The molecule has 0 unspecified atom stereocenters. The van der Waals surface area contributed by atoms with E-state index in [-0.39, 0.29) is 0 Å². The van der Waals surface area contributed by atoms with Gasteiger partial charge < -0.3 is 0 Å². The average Bonchev–Trinajstić information content (AvgIpc) is 3.04. The van der Waals surface area contributed by atoms with Gasteiger partial charge in [-0.05, 0) is 0 Å². The van der Waals surface area contributed by atoms with E-state index in [1.165, 1.54) is 0 Å². The number of nitrogens with zero attached hydrogens (tertiary/aromatic N) is 5. The van der Waals surface area contributed by atoms with Crippen LogP contribution >= 0.6 is 11.8 Å². The summed E-state index contributed by atoms with van der Waals surface area (Å²) in [7, 11) is 0. The van der Waals surface area contributed by atoms with Crippen LogP contribution in [0.1, 0.15) is 5.69 Å². The van der Waals surface area contributed by atoms with Gasteiger partial charge in [-0.25, -0.2) is 14.4 Å². The molecule has 112 valence electrons. The molecule has 0 aliphatic rings. The van der Waals surface area contributed by atoms with E-state index < -0.39 is 0 Å². The molecule has 0 saturated heterocycles. The van der Waals surface area contributed by atoms with Crippen LogP contribution in [0.5, 0.6) is 0 Å². The predicted octanol–water partition coefficient (Wildman–Crippen LogP) is 2.29. The van der Waals surface area contributed by atoms with Crippen molar-refractivity contribution in [3.63, 3.8) is 0 Å². The van der Waals surface area contributed by atoms with E-state index in [9.17, 15) is 0 Å². The van der Waals surface area contributed by atoms with Crippen molar-refractivity contribution < 1.29 is 4.40 Å². The summed E-state index contributed by atoms with van der Waals surface area (Å²) in [6, 6.07) is 11.9. The first kappa shape index (κ1) is 13.8. The Balaban J connectivity index is 1.53.